The van der Waals surface area contributed by atoms with Crippen LogP contribution in [-0.2, 0) is 13.5 Å². The minimum absolute atomic E-state index is 0.114. The van der Waals surface area contributed by atoms with E-state index in [1.54, 1.807) is 17.8 Å². The third-order valence-corrected chi connectivity index (χ3v) is 2.74. The smallest absolute Gasteiger partial charge is 0.256 e. The third-order valence-electron chi connectivity index (χ3n) is 2.74. The van der Waals surface area contributed by atoms with E-state index in [2.05, 4.69) is 20.5 Å². The van der Waals surface area contributed by atoms with Gasteiger partial charge in [-0.15, -0.1) is 10.2 Å². The summed E-state index contributed by atoms with van der Waals surface area (Å²) in [5, 5.41) is 10.3. The molecule has 0 aliphatic rings. The number of carbonyl (C=O) groups is 1. The summed E-state index contributed by atoms with van der Waals surface area (Å²) in [7, 11) is 1.84. The van der Waals surface area contributed by atoms with Crippen molar-refractivity contribution in [1.82, 2.24) is 25.1 Å². The number of carbonyl (C=O) groups excluding carboxylic acids is 1. The van der Waals surface area contributed by atoms with Gasteiger partial charge in [0.1, 0.15) is 17.7 Å². The van der Waals surface area contributed by atoms with E-state index in [1.165, 1.54) is 12.3 Å². The molecule has 7 nitrogen and oxygen atoms in total. The van der Waals surface area contributed by atoms with Crippen LogP contribution < -0.4 is 10.7 Å². The number of aryl methyl sites for hydroxylation is 2. The van der Waals surface area contributed by atoms with Gasteiger partial charge in [0.05, 0.1) is 0 Å². The number of nitrogens with zero attached hydrogens (tertiary/aromatic N) is 3. The standard InChI is InChI=1S/C12H15N5O2/c1-8-5-10(18)9(6-14-8)12(19)13-4-3-11-16-15-7-17(11)2/h5-7H,3-4H2,1-2H3,(H,13,19)(H,14,18). The van der Waals surface area contributed by atoms with Crippen LogP contribution >= 0.6 is 0 Å². The number of H-pyrrole nitrogens is 1. The first-order valence-corrected chi connectivity index (χ1v) is 5.88. The second kappa shape index (κ2) is 5.47. The van der Waals surface area contributed by atoms with Gasteiger partial charge in [-0.05, 0) is 6.92 Å². The molecule has 2 heterocycles. The molecule has 0 saturated heterocycles. The molecule has 0 atom stereocenters. The number of pyridine rings is 1. The normalized spacial score (nSPS) is 10.4. The Kier molecular flexibility index (Phi) is 3.74. The van der Waals surface area contributed by atoms with E-state index in [0.717, 1.165) is 11.5 Å². The molecule has 2 N–H and O–H groups in total. The van der Waals surface area contributed by atoms with E-state index in [0.29, 0.717) is 13.0 Å². The third kappa shape index (κ3) is 3.06. The zero-order valence-electron chi connectivity index (χ0n) is 10.8. The lowest BCUT2D eigenvalue weighted by molar-refractivity contribution is 0.0952. The Labute approximate surface area is 109 Å². The van der Waals surface area contributed by atoms with Crippen molar-refractivity contribution in [1.29, 1.82) is 0 Å². The molecule has 2 aromatic rings. The van der Waals surface area contributed by atoms with Crippen LogP contribution in [0.2, 0.25) is 0 Å². The van der Waals surface area contributed by atoms with Crippen LogP contribution in [0.4, 0.5) is 0 Å². The molecule has 19 heavy (non-hydrogen) atoms. The van der Waals surface area contributed by atoms with Gasteiger partial charge in [-0.3, -0.25) is 9.59 Å². The number of aromatic amines is 1. The fourth-order valence-electron chi connectivity index (χ4n) is 1.67. The predicted octanol–water partition coefficient (Wildman–Crippen LogP) is -0.216. The van der Waals surface area contributed by atoms with E-state index in [-0.39, 0.29) is 16.9 Å². The zero-order chi connectivity index (χ0) is 13.8. The highest BCUT2D eigenvalue weighted by Crippen LogP contribution is 1.94. The Morgan fingerprint density at radius 3 is 2.95 bits per heavy atom. The second-order valence-corrected chi connectivity index (χ2v) is 4.26. The number of nitrogens with one attached hydrogen (secondary N) is 2. The molecule has 0 bridgehead atoms. The molecule has 0 fully saturated rings. The van der Waals surface area contributed by atoms with E-state index < -0.39 is 0 Å². The SMILES string of the molecule is Cc1cc(=O)c(C(=O)NCCc2nncn2C)c[nH]1. The average molecular weight is 261 g/mol. The van der Waals surface area contributed by atoms with Crippen LogP contribution in [0, 0.1) is 6.92 Å². The van der Waals surface area contributed by atoms with Crippen molar-refractivity contribution in [3.63, 3.8) is 0 Å². The molecule has 1 amide bonds. The Hall–Kier alpha value is -2.44. The molecule has 0 aromatic carbocycles. The van der Waals surface area contributed by atoms with Crippen molar-refractivity contribution in [2.75, 3.05) is 6.54 Å². The highest BCUT2D eigenvalue weighted by Gasteiger charge is 2.10. The van der Waals surface area contributed by atoms with Gasteiger partial charge in [0.25, 0.3) is 5.91 Å². The molecule has 0 saturated carbocycles. The Bertz CT molecular complexity index is 644. The van der Waals surface area contributed by atoms with E-state index >= 15 is 0 Å². The van der Waals surface area contributed by atoms with Crippen LogP contribution in [0.15, 0.2) is 23.4 Å². The highest BCUT2D eigenvalue weighted by atomic mass is 16.2. The maximum Gasteiger partial charge on any atom is 0.256 e. The summed E-state index contributed by atoms with van der Waals surface area (Å²) >= 11 is 0. The molecule has 2 aromatic heterocycles. The van der Waals surface area contributed by atoms with Crippen LogP contribution in [0.5, 0.6) is 0 Å². The molecule has 0 spiro atoms. The van der Waals surface area contributed by atoms with E-state index in [9.17, 15) is 9.59 Å². The van der Waals surface area contributed by atoms with Crippen molar-refractivity contribution >= 4 is 5.91 Å². The summed E-state index contributed by atoms with van der Waals surface area (Å²) in [6, 6.07) is 1.40. The van der Waals surface area contributed by atoms with Gasteiger partial charge in [0.2, 0.25) is 0 Å². The number of amides is 1. The lowest BCUT2D eigenvalue weighted by Crippen LogP contribution is -2.30. The molecule has 0 radical (unpaired) electrons. The Balaban J connectivity index is 1.95. The quantitative estimate of drug-likeness (QED) is 0.796. The van der Waals surface area contributed by atoms with Crippen molar-refractivity contribution < 1.29 is 4.79 Å². The van der Waals surface area contributed by atoms with Gasteiger partial charge >= 0.3 is 0 Å². The van der Waals surface area contributed by atoms with Crippen LogP contribution in [0.3, 0.4) is 0 Å². The molecule has 0 unspecified atom stereocenters. The molecule has 2 rings (SSSR count). The molecule has 100 valence electrons. The number of hydrogen-bond donors (Lipinski definition) is 2. The van der Waals surface area contributed by atoms with Gasteiger partial charge in [-0.1, -0.05) is 0 Å². The fraction of sp³-hybridized carbons (Fsp3) is 0.333. The summed E-state index contributed by atoms with van der Waals surface area (Å²) < 4.78 is 1.78. The second-order valence-electron chi connectivity index (χ2n) is 4.26. The number of hydrogen-bond acceptors (Lipinski definition) is 4. The van der Waals surface area contributed by atoms with Gasteiger partial charge in [0, 0.05) is 38.0 Å². The molecular formula is C12H15N5O2. The Morgan fingerprint density at radius 1 is 1.53 bits per heavy atom. The summed E-state index contributed by atoms with van der Waals surface area (Å²) in [5.41, 5.74) is 0.552. The first-order valence-electron chi connectivity index (χ1n) is 5.88. The average Bonchev–Trinajstić information content (AvgIpc) is 2.75. The van der Waals surface area contributed by atoms with Crippen LogP contribution in [0.1, 0.15) is 21.9 Å². The lowest BCUT2D eigenvalue weighted by Gasteiger charge is -2.04. The summed E-state index contributed by atoms with van der Waals surface area (Å²) in [5.74, 6) is 0.390. The van der Waals surface area contributed by atoms with E-state index in [1.807, 2.05) is 7.05 Å². The van der Waals surface area contributed by atoms with Gasteiger partial charge in [-0.2, -0.15) is 0 Å². The molecule has 0 aliphatic carbocycles. The summed E-state index contributed by atoms with van der Waals surface area (Å²) in [4.78, 5) is 26.3. The van der Waals surface area contributed by atoms with Crippen molar-refractivity contribution in [3.05, 3.63) is 45.9 Å². The minimum atomic E-state index is -0.386. The number of aromatic nitrogens is 4. The molecule has 0 aliphatic heterocycles. The first kappa shape index (κ1) is 13.0. The van der Waals surface area contributed by atoms with Crippen molar-refractivity contribution in [2.24, 2.45) is 7.05 Å². The topological polar surface area (TPSA) is 92.7 Å². The Morgan fingerprint density at radius 2 is 2.32 bits per heavy atom. The summed E-state index contributed by atoms with van der Waals surface area (Å²) in [6.07, 6.45) is 3.59. The summed E-state index contributed by atoms with van der Waals surface area (Å²) in [6.45, 7) is 2.16. The minimum Gasteiger partial charge on any atom is -0.364 e. The van der Waals surface area contributed by atoms with Gasteiger partial charge < -0.3 is 14.9 Å². The number of rotatable bonds is 4. The highest BCUT2D eigenvalue weighted by molar-refractivity contribution is 5.93. The first-order chi connectivity index (χ1) is 9.08. The maximum atomic E-state index is 11.8. The van der Waals surface area contributed by atoms with E-state index in [4.69, 9.17) is 0 Å². The van der Waals surface area contributed by atoms with Crippen molar-refractivity contribution in [2.45, 2.75) is 13.3 Å². The van der Waals surface area contributed by atoms with Gasteiger partial charge in [-0.25, -0.2) is 0 Å². The van der Waals surface area contributed by atoms with Crippen LogP contribution in [0.25, 0.3) is 0 Å². The van der Waals surface area contributed by atoms with Gasteiger partial charge in [0.15, 0.2) is 5.43 Å². The fourth-order valence-corrected chi connectivity index (χ4v) is 1.67. The predicted molar refractivity (Wildman–Crippen MR) is 68.8 cm³/mol. The maximum absolute atomic E-state index is 11.8. The van der Waals surface area contributed by atoms with Crippen LogP contribution in [-0.4, -0.2) is 32.2 Å². The molecule has 7 heteroatoms. The molecular weight excluding hydrogens is 246 g/mol. The monoisotopic (exact) mass is 261 g/mol. The van der Waals surface area contributed by atoms with Crippen molar-refractivity contribution in [3.8, 4) is 0 Å². The lowest BCUT2D eigenvalue weighted by atomic mass is 10.2. The largest absolute Gasteiger partial charge is 0.364 e. The zero-order valence-corrected chi connectivity index (χ0v) is 10.8.